The molecule has 4 atom stereocenters. The van der Waals surface area contributed by atoms with Crippen LogP contribution < -0.4 is 0 Å². The molecule has 6 aliphatic rings. The van der Waals surface area contributed by atoms with Gasteiger partial charge in [0.15, 0.2) is 0 Å². The highest BCUT2D eigenvalue weighted by molar-refractivity contribution is 6.04. The summed E-state index contributed by atoms with van der Waals surface area (Å²) in [5.41, 5.74) is 17.8. The van der Waals surface area contributed by atoms with Crippen molar-refractivity contribution in [1.29, 1.82) is 0 Å². The van der Waals surface area contributed by atoms with Gasteiger partial charge in [0, 0.05) is 33.3 Å². The van der Waals surface area contributed by atoms with E-state index in [-0.39, 0.29) is 10.8 Å². The SMILES string of the molecule is Cc1ccc2oc3c(c2c1)C(C)(C)c1c-3ccc2c1-c1cc(C)c3c(C)cc(C)cc3c1C1(C)C2C12C(C1CCCCC1)C(C(C)C)C2C1CCCCC1. The summed E-state index contributed by atoms with van der Waals surface area (Å²) in [6.45, 7) is 22.5. The molecule has 1 nitrogen and oxygen atoms in total. The highest BCUT2D eigenvalue weighted by atomic mass is 16.3. The van der Waals surface area contributed by atoms with Crippen molar-refractivity contribution in [2.24, 2.45) is 40.9 Å². The van der Waals surface area contributed by atoms with Gasteiger partial charge in [-0.1, -0.05) is 146 Å². The van der Waals surface area contributed by atoms with E-state index < -0.39 is 0 Å². The third-order valence-electron chi connectivity index (χ3n) is 17.3. The van der Waals surface area contributed by atoms with Crippen molar-refractivity contribution in [3.05, 3.63) is 93.0 Å². The Kier molecular flexibility index (Phi) is 7.02. The fraction of sp³-hybridized carbons (Fsp3) is 0.547. The van der Waals surface area contributed by atoms with Gasteiger partial charge in [0.25, 0.3) is 0 Å². The summed E-state index contributed by atoms with van der Waals surface area (Å²) >= 11 is 0. The minimum atomic E-state index is -0.168. The van der Waals surface area contributed by atoms with Crippen molar-refractivity contribution in [2.45, 2.75) is 143 Å². The maximum absolute atomic E-state index is 6.90. The molecule has 0 amide bonds. The van der Waals surface area contributed by atoms with Gasteiger partial charge in [-0.25, -0.2) is 0 Å². The summed E-state index contributed by atoms with van der Waals surface area (Å²) in [5, 5.41) is 4.40. The lowest BCUT2D eigenvalue weighted by Gasteiger charge is -2.64. The van der Waals surface area contributed by atoms with Crippen LogP contribution in [0.25, 0.3) is 44.2 Å². The van der Waals surface area contributed by atoms with Gasteiger partial charge in [-0.2, -0.15) is 0 Å². The second-order valence-corrected chi connectivity index (χ2v) is 20.7. The topological polar surface area (TPSA) is 13.1 Å². The van der Waals surface area contributed by atoms with Crippen molar-refractivity contribution in [3.8, 4) is 22.5 Å². The molecular weight excluding hydrogens is 653 g/mol. The van der Waals surface area contributed by atoms with Crippen molar-refractivity contribution in [1.82, 2.24) is 0 Å². The molecule has 5 aromatic rings. The lowest BCUT2D eigenvalue weighted by atomic mass is 9.40. The summed E-state index contributed by atoms with van der Waals surface area (Å²) in [4.78, 5) is 0. The van der Waals surface area contributed by atoms with Crippen molar-refractivity contribution < 1.29 is 4.42 Å². The Morgan fingerprint density at radius 1 is 0.630 bits per heavy atom. The molecule has 1 aromatic heterocycles. The zero-order valence-electron chi connectivity index (χ0n) is 34.6. The zero-order valence-corrected chi connectivity index (χ0v) is 34.6. The van der Waals surface area contributed by atoms with Crippen molar-refractivity contribution >= 4 is 21.7 Å². The van der Waals surface area contributed by atoms with Crippen LogP contribution in [0.15, 0.2) is 52.9 Å². The van der Waals surface area contributed by atoms with Crippen LogP contribution in [0.3, 0.4) is 0 Å². The summed E-state index contributed by atoms with van der Waals surface area (Å²) < 4.78 is 6.90. The maximum atomic E-state index is 6.90. The Balaban J connectivity index is 1.25. The first-order valence-electron chi connectivity index (χ1n) is 22.2. The Morgan fingerprint density at radius 2 is 1.26 bits per heavy atom. The molecular formula is C53H62O. The predicted octanol–water partition coefficient (Wildman–Crippen LogP) is 14.8. The molecule has 54 heavy (non-hydrogen) atoms. The monoisotopic (exact) mass is 714 g/mol. The van der Waals surface area contributed by atoms with Gasteiger partial charge in [0.05, 0.1) is 0 Å². The van der Waals surface area contributed by atoms with E-state index in [9.17, 15) is 0 Å². The van der Waals surface area contributed by atoms with E-state index in [0.29, 0.717) is 11.3 Å². The standard InChI is InChI=1S/C53H62O/c1-28(2)41-44(33-16-12-10-13-17-33)53(45(41)34-18-14-11-15-19-34)50-35-21-22-36-47(51(7,8)48-37-25-29(3)20-23-40(37)54-49(36)48)43(35)39-27-32(6)42-31(5)24-30(4)26-38(42)46(39)52(50,53)9/h20-28,33-34,41,44-45,50H,10-19H2,1-9H3. The van der Waals surface area contributed by atoms with Gasteiger partial charge in [0.2, 0.25) is 0 Å². The first kappa shape index (κ1) is 34.0. The van der Waals surface area contributed by atoms with Gasteiger partial charge in [-0.15, -0.1) is 0 Å². The summed E-state index contributed by atoms with van der Waals surface area (Å²) in [6.07, 6.45) is 14.4. The second-order valence-electron chi connectivity index (χ2n) is 20.7. The van der Waals surface area contributed by atoms with Crippen LogP contribution >= 0.6 is 0 Å². The van der Waals surface area contributed by atoms with Crippen LogP contribution in [-0.4, -0.2) is 0 Å². The Hall–Kier alpha value is -3.32. The molecule has 4 unspecified atom stereocenters. The zero-order chi connectivity index (χ0) is 37.2. The number of benzene rings is 4. The molecule has 1 heterocycles. The van der Waals surface area contributed by atoms with E-state index in [1.807, 2.05) is 0 Å². The van der Waals surface area contributed by atoms with Gasteiger partial charge >= 0.3 is 0 Å². The van der Waals surface area contributed by atoms with E-state index in [0.717, 1.165) is 46.9 Å². The Morgan fingerprint density at radius 3 is 1.91 bits per heavy atom. The first-order chi connectivity index (χ1) is 25.9. The van der Waals surface area contributed by atoms with Crippen molar-refractivity contribution in [2.75, 3.05) is 0 Å². The lowest BCUT2D eigenvalue weighted by Crippen LogP contribution is -2.60. The predicted molar refractivity (Wildman–Crippen MR) is 227 cm³/mol. The average molecular weight is 715 g/mol. The Labute approximate surface area is 324 Å². The molecule has 11 rings (SSSR count). The first-order valence-corrected chi connectivity index (χ1v) is 22.2. The summed E-state index contributed by atoms with van der Waals surface area (Å²) in [7, 11) is 0. The fourth-order valence-electron chi connectivity index (χ4n) is 16.0. The number of hydrogen-bond donors (Lipinski definition) is 0. The quantitative estimate of drug-likeness (QED) is 0.181. The fourth-order valence-corrected chi connectivity index (χ4v) is 16.0. The number of hydrogen-bond acceptors (Lipinski definition) is 1. The number of rotatable bonds is 3. The van der Waals surface area contributed by atoms with E-state index in [1.54, 1.807) is 27.6 Å². The third kappa shape index (κ3) is 3.94. The van der Waals surface area contributed by atoms with Crippen LogP contribution in [0.5, 0.6) is 0 Å². The van der Waals surface area contributed by atoms with Gasteiger partial charge in [-0.05, 0) is 130 Å². The Bertz CT molecular complexity index is 2380. The molecule has 4 aromatic carbocycles. The summed E-state index contributed by atoms with van der Waals surface area (Å²) in [6, 6.07) is 19.7. The van der Waals surface area contributed by atoms with Crippen LogP contribution in [0.2, 0.25) is 0 Å². The lowest BCUT2D eigenvalue weighted by molar-refractivity contribution is -0.158. The van der Waals surface area contributed by atoms with Gasteiger partial charge in [0.1, 0.15) is 11.3 Å². The van der Waals surface area contributed by atoms with E-state index in [2.05, 4.69) is 111 Å². The molecule has 1 heteroatoms. The highest BCUT2D eigenvalue weighted by Crippen LogP contribution is 2.93. The number of furan rings is 1. The minimum Gasteiger partial charge on any atom is -0.456 e. The molecule has 0 saturated heterocycles. The summed E-state index contributed by atoms with van der Waals surface area (Å²) in [5.74, 6) is 6.62. The highest BCUT2D eigenvalue weighted by Gasteiger charge is 2.88. The van der Waals surface area contributed by atoms with Crippen LogP contribution in [0.4, 0.5) is 0 Å². The number of fused-ring (bicyclic) bond motifs is 16. The molecule has 4 saturated carbocycles. The molecule has 0 radical (unpaired) electrons. The van der Waals surface area contributed by atoms with Crippen molar-refractivity contribution in [3.63, 3.8) is 0 Å². The molecule has 0 N–H and O–H groups in total. The largest absolute Gasteiger partial charge is 0.456 e. The maximum Gasteiger partial charge on any atom is 0.139 e. The van der Waals surface area contributed by atoms with Crippen LogP contribution in [0.1, 0.15) is 149 Å². The molecule has 6 aliphatic carbocycles. The van der Waals surface area contributed by atoms with Crippen LogP contribution in [0, 0.1) is 68.6 Å². The van der Waals surface area contributed by atoms with Gasteiger partial charge in [-0.3, -0.25) is 0 Å². The smallest absolute Gasteiger partial charge is 0.139 e. The molecule has 1 spiro atoms. The normalized spacial score (nSPS) is 31.0. The van der Waals surface area contributed by atoms with E-state index in [1.165, 1.54) is 114 Å². The third-order valence-corrected chi connectivity index (χ3v) is 17.3. The average Bonchev–Trinajstić information content (AvgIpc) is 3.40. The number of aryl methyl sites for hydroxylation is 4. The molecule has 280 valence electrons. The van der Waals surface area contributed by atoms with E-state index >= 15 is 0 Å². The molecule has 0 bridgehead atoms. The van der Waals surface area contributed by atoms with Gasteiger partial charge < -0.3 is 4.42 Å². The van der Waals surface area contributed by atoms with Crippen LogP contribution in [-0.2, 0) is 10.8 Å². The second kappa shape index (κ2) is 11.2. The minimum absolute atomic E-state index is 0.129. The molecule has 0 aliphatic heterocycles. The molecule has 4 fully saturated rings. The van der Waals surface area contributed by atoms with E-state index in [4.69, 9.17) is 4.42 Å².